The van der Waals surface area contributed by atoms with Crippen molar-refractivity contribution < 1.29 is 5.11 Å². The number of rotatable bonds is 13. The molecule has 13 heteroatoms. The zero-order valence-corrected chi connectivity index (χ0v) is 17.7. The maximum Gasteiger partial charge on any atom is 0.231 e. The fourth-order valence-electron chi connectivity index (χ4n) is 3.16. The number of hydrogen-bond donors (Lipinski definition) is 6. The molecule has 1 fully saturated rings. The molecule has 1 aliphatic heterocycles. The van der Waals surface area contributed by atoms with E-state index in [1.165, 1.54) is 0 Å². The van der Waals surface area contributed by atoms with Crippen LogP contribution in [0.25, 0.3) is 0 Å². The molecule has 170 valence electrons. The Labute approximate surface area is 181 Å². The Morgan fingerprint density at radius 1 is 0.677 bits per heavy atom. The summed E-state index contributed by atoms with van der Waals surface area (Å²) in [5.41, 5.74) is 11.1. The van der Waals surface area contributed by atoms with Crippen molar-refractivity contribution in [2.75, 3.05) is 71.6 Å². The van der Waals surface area contributed by atoms with Crippen molar-refractivity contribution in [2.45, 2.75) is 38.5 Å². The summed E-state index contributed by atoms with van der Waals surface area (Å²) in [4.78, 5) is 27.5. The fourth-order valence-corrected chi connectivity index (χ4v) is 3.16. The molecule has 0 bridgehead atoms. The third-order valence-electron chi connectivity index (χ3n) is 4.72. The average molecular weight is 433 g/mol. The highest BCUT2D eigenvalue weighted by Crippen LogP contribution is 2.18. The van der Waals surface area contributed by atoms with Gasteiger partial charge in [0.2, 0.25) is 35.7 Å². The van der Waals surface area contributed by atoms with E-state index in [0.29, 0.717) is 36.9 Å². The first-order valence-electron chi connectivity index (χ1n) is 10.7. The van der Waals surface area contributed by atoms with Crippen LogP contribution in [0.4, 0.5) is 35.7 Å². The molecular weight excluding hydrogens is 400 g/mol. The van der Waals surface area contributed by atoms with Gasteiger partial charge >= 0.3 is 0 Å². The van der Waals surface area contributed by atoms with Crippen molar-refractivity contribution in [3.8, 4) is 0 Å². The molecule has 2 aromatic rings. The number of unbranched alkanes of at least 4 members (excludes halogenated alkanes) is 2. The minimum absolute atomic E-state index is 0.0982. The van der Waals surface area contributed by atoms with Gasteiger partial charge in [-0.05, 0) is 38.5 Å². The summed E-state index contributed by atoms with van der Waals surface area (Å²) >= 11 is 0. The van der Waals surface area contributed by atoms with Gasteiger partial charge in [-0.1, -0.05) is 0 Å². The number of nitrogens with zero attached hydrogens (tertiary/aromatic N) is 7. The van der Waals surface area contributed by atoms with Crippen LogP contribution in [0.5, 0.6) is 0 Å². The smallest absolute Gasteiger partial charge is 0.231 e. The second-order valence-electron chi connectivity index (χ2n) is 7.27. The number of aliphatic hydroxyl groups excluding tert-OH is 1. The van der Waals surface area contributed by atoms with Crippen molar-refractivity contribution in [3.63, 3.8) is 0 Å². The van der Waals surface area contributed by atoms with Gasteiger partial charge in [0.1, 0.15) is 0 Å². The molecule has 8 N–H and O–H groups in total. The number of nitrogen functional groups attached to an aromatic ring is 2. The summed E-state index contributed by atoms with van der Waals surface area (Å²) in [5, 5.41) is 18.5. The van der Waals surface area contributed by atoms with E-state index in [0.717, 1.165) is 58.2 Å². The summed E-state index contributed by atoms with van der Waals surface area (Å²) in [6, 6.07) is 0. The predicted molar refractivity (Wildman–Crippen MR) is 121 cm³/mol. The van der Waals surface area contributed by atoms with Gasteiger partial charge in [0.05, 0.1) is 0 Å². The van der Waals surface area contributed by atoms with E-state index in [4.69, 9.17) is 16.6 Å². The van der Waals surface area contributed by atoms with Crippen molar-refractivity contribution >= 4 is 35.7 Å². The first kappa shape index (κ1) is 22.5. The van der Waals surface area contributed by atoms with Crippen LogP contribution in [0.15, 0.2) is 0 Å². The number of hydrogen-bond acceptors (Lipinski definition) is 13. The highest BCUT2D eigenvalue weighted by molar-refractivity contribution is 5.44. The van der Waals surface area contributed by atoms with E-state index >= 15 is 0 Å². The lowest BCUT2D eigenvalue weighted by atomic mass is 10.3. The van der Waals surface area contributed by atoms with Crippen LogP contribution in [0.2, 0.25) is 0 Å². The molecule has 2 aromatic heterocycles. The van der Waals surface area contributed by atoms with Gasteiger partial charge in [-0.2, -0.15) is 29.9 Å². The summed E-state index contributed by atoms with van der Waals surface area (Å²) in [6.45, 7) is 4.22. The molecule has 31 heavy (non-hydrogen) atoms. The Kier molecular flexibility index (Phi) is 8.58. The number of aromatic nitrogens is 6. The van der Waals surface area contributed by atoms with Gasteiger partial charge < -0.3 is 37.4 Å². The third kappa shape index (κ3) is 7.51. The maximum atomic E-state index is 8.93. The summed E-state index contributed by atoms with van der Waals surface area (Å²) < 4.78 is 0. The molecule has 1 saturated heterocycles. The second kappa shape index (κ2) is 11.8. The Bertz CT molecular complexity index is 794. The van der Waals surface area contributed by atoms with E-state index in [9.17, 15) is 0 Å². The molecule has 0 atom stereocenters. The molecule has 0 aliphatic carbocycles. The van der Waals surface area contributed by atoms with E-state index < -0.39 is 0 Å². The van der Waals surface area contributed by atoms with Crippen LogP contribution >= 0.6 is 0 Å². The highest BCUT2D eigenvalue weighted by atomic mass is 16.2. The van der Waals surface area contributed by atoms with Gasteiger partial charge in [-0.15, -0.1) is 0 Å². The quantitative estimate of drug-likeness (QED) is 0.237. The van der Waals surface area contributed by atoms with E-state index in [-0.39, 0.29) is 18.5 Å². The van der Waals surface area contributed by atoms with Crippen LogP contribution in [0.1, 0.15) is 38.5 Å². The van der Waals surface area contributed by atoms with E-state index in [1.807, 2.05) is 0 Å². The zero-order valence-electron chi connectivity index (χ0n) is 17.7. The molecule has 1 aliphatic rings. The van der Waals surface area contributed by atoms with Crippen LogP contribution in [-0.2, 0) is 0 Å². The Morgan fingerprint density at radius 3 is 1.68 bits per heavy atom. The zero-order chi connectivity index (χ0) is 21.9. The lowest BCUT2D eigenvalue weighted by Gasteiger charge is -2.17. The lowest BCUT2D eigenvalue weighted by molar-refractivity contribution is 0.286. The van der Waals surface area contributed by atoms with Gasteiger partial charge in [-0.3, -0.25) is 0 Å². The molecule has 0 amide bonds. The Balaban J connectivity index is 1.46. The first-order valence-corrected chi connectivity index (χ1v) is 10.7. The summed E-state index contributed by atoms with van der Waals surface area (Å²) in [6.07, 6.45) is 5.69. The highest BCUT2D eigenvalue weighted by Gasteiger charge is 2.17. The molecule has 0 aromatic carbocycles. The third-order valence-corrected chi connectivity index (χ3v) is 4.72. The molecule has 3 heterocycles. The Hall–Kier alpha value is -3.22. The van der Waals surface area contributed by atoms with Crippen LogP contribution in [-0.4, -0.2) is 74.3 Å². The van der Waals surface area contributed by atoms with Gasteiger partial charge in [-0.25, -0.2) is 0 Å². The normalized spacial score (nSPS) is 13.4. The predicted octanol–water partition coefficient (Wildman–Crippen LogP) is 0.310. The number of anilines is 6. The minimum atomic E-state index is 0.0982. The topological polar surface area (TPSA) is 189 Å². The Morgan fingerprint density at radius 2 is 1.16 bits per heavy atom. The molecule has 13 nitrogen and oxygen atoms in total. The second-order valence-corrected chi connectivity index (χ2v) is 7.27. The van der Waals surface area contributed by atoms with Gasteiger partial charge in [0, 0.05) is 39.3 Å². The standard InChI is InChI=1S/C18H32N12O/c19-13-24-14(20)26-15(25-13)21-7-1-2-8-22-16-27-17(23-9-3-6-12-31)29-18(28-16)30-10-4-5-11-30/h31H,1-12H2,(H2,22,23,27,28,29)(H5,19,20,21,24,25,26). The number of nitrogens with one attached hydrogen (secondary N) is 3. The minimum Gasteiger partial charge on any atom is -0.396 e. The molecule has 0 saturated carbocycles. The summed E-state index contributed by atoms with van der Waals surface area (Å²) in [5.74, 6) is 2.40. The lowest BCUT2D eigenvalue weighted by Crippen LogP contribution is -2.22. The van der Waals surface area contributed by atoms with Gasteiger partial charge in [0.25, 0.3) is 0 Å². The van der Waals surface area contributed by atoms with Crippen molar-refractivity contribution in [3.05, 3.63) is 0 Å². The van der Waals surface area contributed by atoms with Crippen molar-refractivity contribution in [1.29, 1.82) is 0 Å². The van der Waals surface area contributed by atoms with Crippen LogP contribution in [0.3, 0.4) is 0 Å². The summed E-state index contributed by atoms with van der Waals surface area (Å²) in [7, 11) is 0. The number of nitrogens with two attached hydrogens (primary N) is 2. The molecule has 0 unspecified atom stereocenters. The fraction of sp³-hybridized carbons (Fsp3) is 0.667. The maximum absolute atomic E-state index is 8.93. The molecule has 0 radical (unpaired) electrons. The first-order chi connectivity index (χ1) is 15.1. The van der Waals surface area contributed by atoms with Crippen LogP contribution < -0.4 is 32.3 Å². The average Bonchev–Trinajstić information content (AvgIpc) is 3.28. The molecule has 0 spiro atoms. The van der Waals surface area contributed by atoms with E-state index in [2.05, 4.69) is 50.8 Å². The molecular formula is C18H32N12O. The number of aliphatic hydroxyl groups is 1. The van der Waals surface area contributed by atoms with Gasteiger partial charge in [0.15, 0.2) is 0 Å². The van der Waals surface area contributed by atoms with E-state index in [1.54, 1.807) is 0 Å². The SMILES string of the molecule is Nc1nc(N)nc(NCCCCNc2nc(NCCCCO)nc(N3CCCC3)n2)n1. The van der Waals surface area contributed by atoms with Crippen LogP contribution in [0, 0.1) is 0 Å². The van der Waals surface area contributed by atoms with Crippen molar-refractivity contribution in [2.24, 2.45) is 0 Å². The largest absolute Gasteiger partial charge is 0.396 e. The monoisotopic (exact) mass is 432 g/mol. The van der Waals surface area contributed by atoms with Crippen molar-refractivity contribution in [1.82, 2.24) is 29.9 Å². The molecule has 3 rings (SSSR count).